The van der Waals surface area contributed by atoms with Gasteiger partial charge in [0.25, 0.3) is 5.91 Å². The van der Waals surface area contributed by atoms with Crippen LogP contribution in [0.3, 0.4) is 0 Å². The fourth-order valence-electron chi connectivity index (χ4n) is 2.90. The van der Waals surface area contributed by atoms with Crippen molar-refractivity contribution in [3.05, 3.63) is 41.9 Å². The van der Waals surface area contributed by atoms with E-state index in [1.165, 1.54) is 0 Å². The molecule has 24 heavy (non-hydrogen) atoms. The van der Waals surface area contributed by atoms with Gasteiger partial charge in [-0.05, 0) is 43.5 Å². The Hall–Kier alpha value is -2.96. The van der Waals surface area contributed by atoms with Crippen molar-refractivity contribution in [2.75, 3.05) is 11.9 Å². The smallest absolute Gasteiger partial charge is 0.276 e. The van der Waals surface area contributed by atoms with Gasteiger partial charge in [0.2, 0.25) is 5.95 Å². The molecule has 7 nitrogen and oxygen atoms in total. The average molecular weight is 323 g/mol. The number of amides is 1. The monoisotopic (exact) mass is 323 g/mol. The quantitative estimate of drug-likeness (QED) is 0.800. The van der Waals surface area contributed by atoms with E-state index in [2.05, 4.69) is 20.3 Å². The highest BCUT2D eigenvalue weighted by atomic mass is 16.5. The number of hydrogen-bond donors (Lipinski definition) is 1. The van der Waals surface area contributed by atoms with Crippen LogP contribution in [0.5, 0.6) is 5.75 Å². The number of hydrogen-bond acceptors (Lipinski definition) is 5. The SMILES string of the molecule is CCn1c(NC(=O)c2cc3c(cn2)OCCC3)nc2cccnc21. The minimum absolute atomic E-state index is 0.284. The van der Waals surface area contributed by atoms with Crippen LogP contribution in [0.4, 0.5) is 5.95 Å². The third-order valence-corrected chi connectivity index (χ3v) is 4.07. The number of pyridine rings is 2. The van der Waals surface area contributed by atoms with Crippen molar-refractivity contribution < 1.29 is 9.53 Å². The summed E-state index contributed by atoms with van der Waals surface area (Å²) in [4.78, 5) is 25.5. The molecular weight excluding hydrogens is 306 g/mol. The number of carbonyl (C=O) groups is 1. The van der Waals surface area contributed by atoms with Crippen molar-refractivity contribution in [3.63, 3.8) is 0 Å². The zero-order chi connectivity index (χ0) is 16.5. The second kappa shape index (κ2) is 5.92. The van der Waals surface area contributed by atoms with Gasteiger partial charge in [-0.3, -0.25) is 14.7 Å². The van der Waals surface area contributed by atoms with E-state index in [9.17, 15) is 4.79 Å². The minimum atomic E-state index is -0.284. The Morgan fingerprint density at radius 3 is 3.21 bits per heavy atom. The van der Waals surface area contributed by atoms with Gasteiger partial charge >= 0.3 is 0 Å². The molecule has 0 saturated heterocycles. The summed E-state index contributed by atoms with van der Waals surface area (Å²) in [6.07, 6.45) is 5.19. The first-order valence-electron chi connectivity index (χ1n) is 8.00. The molecule has 0 bridgehead atoms. The summed E-state index contributed by atoms with van der Waals surface area (Å²) in [5.74, 6) is 0.961. The third-order valence-electron chi connectivity index (χ3n) is 4.07. The Balaban J connectivity index is 1.64. The zero-order valence-corrected chi connectivity index (χ0v) is 13.3. The van der Waals surface area contributed by atoms with Gasteiger partial charge < -0.3 is 4.74 Å². The van der Waals surface area contributed by atoms with E-state index in [0.29, 0.717) is 24.8 Å². The summed E-state index contributed by atoms with van der Waals surface area (Å²) in [6, 6.07) is 5.49. The van der Waals surface area contributed by atoms with Crippen LogP contribution in [0, 0.1) is 0 Å². The van der Waals surface area contributed by atoms with Crippen molar-refractivity contribution in [1.82, 2.24) is 19.5 Å². The van der Waals surface area contributed by atoms with Crippen molar-refractivity contribution in [3.8, 4) is 5.75 Å². The number of ether oxygens (including phenoxy) is 1. The number of fused-ring (bicyclic) bond motifs is 2. The summed E-state index contributed by atoms with van der Waals surface area (Å²) in [7, 11) is 0. The highest BCUT2D eigenvalue weighted by Crippen LogP contribution is 2.24. The van der Waals surface area contributed by atoms with Crippen LogP contribution in [0.2, 0.25) is 0 Å². The van der Waals surface area contributed by atoms with Crippen molar-refractivity contribution in [2.24, 2.45) is 0 Å². The largest absolute Gasteiger partial charge is 0.492 e. The van der Waals surface area contributed by atoms with Gasteiger partial charge in [0.1, 0.15) is 17.0 Å². The normalized spacial score (nSPS) is 13.4. The molecule has 4 rings (SSSR count). The lowest BCUT2D eigenvalue weighted by Gasteiger charge is -2.17. The first-order chi connectivity index (χ1) is 11.8. The molecule has 122 valence electrons. The van der Waals surface area contributed by atoms with E-state index in [0.717, 1.165) is 35.3 Å². The first-order valence-corrected chi connectivity index (χ1v) is 8.00. The zero-order valence-electron chi connectivity index (χ0n) is 13.3. The Labute approximate surface area is 138 Å². The molecule has 0 aromatic carbocycles. The van der Waals surface area contributed by atoms with Crippen LogP contribution in [-0.2, 0) is 13.0 Å². The van der Waals surface area contributed by atoms with Crippen LogP contribution < -0.4 is 10.1 Å². The standard InChI is InChI=1S/C17H17N5O2/c1-2-22-15-12(6-3-7-18-15)20-17(22)21-16(23)13-9-11-5-4-8-24-14(11)10-19-13/h3,6-7,9-10H,2,4-5,8H2,1H3,(H,20,21,23). The molecular formula is C17H17N5O2. The van der Waals surface area contributed by atoms with E-state index >= 15 is 0 Å². The molecule has 0 radical (unpaired) electrons. The molecule has 1 amide bonds. The van der Waals surface area contributed by atoms with Crippen LogP contribution in [0.25, 0.3) is 11.2 Å². The third kappa shape index (κ3) is 2.47. The average Bonchev–Trinajstić information content (AvgIpc) is 2.98. The van der Waals surface area contributed by atoms with Crippen molar-refractivity contribution in [1.29, 1.82) is 0 Å². The van der Waals surface area contributed by atoms with Gasteiger partial charge in [0.05, 0.1) is 12.8 Å². The number of nitrogens with zero attached hydrogens (tertiary/aromatic N) is 4. The molecule has 0 saturated carbocycles. The number of rotatable bonds is 3. The molecule has 0 spiro atoms. The van der Waals surface area contributed by atoms with Gasteiger partial charge in [0.15, 0.2) is 5.65 Å². The molecule has 0 aliphatic carbocycles. The first kappa shape index (κ1) is 14.6. The summed E-state index contributed by atoms with van der Waals surface area (Å²) in [5, 5.41) is 2.84. The minimum Gasteiger partial charge on any atom is -0.492 e. The summed E-state index contributed by atoms with van der Waals surface area (Å²) in [5.41, 5.74) is 2.89. The number of aryl methyl sites for hydroxylation is 2. The van der Waals surface area contributed by atoms with Gasteiger partial charge in [-0.2, -0.15) is 0 Å². The predicted molar refractivity (Wildman–Crippen MR) is 89.2 cm³/mol. The predicted octanol–water partition coefficient (Wildman–Crippen LogP) is 2.42. The molecule has 3 aromatic heterocycles. The lowest BCUT2D eigenvalue weighted by atomic mass is 10.1. The number of nitrogens with one attached hydrogen (secondary N) is 1. The van der Waals surface area contributed by atoms with Gasteiger partial charge in [-0.25, -0.2) is 15.0 Å². The van der Waals surface area contributed by atoms with E-state index in [1.807, 2.05) is 23.6 Å². The van der Waals surface area contributed by atoms with Crippen LogP contribution in [-0.4, -0.2) is 32.0 Å². The van der Waals surface area contributed by atoms with Crippen LogP contribution in [0.15, 0.2) is 30.6 Å². The summed E-state index contributed by atoms with van der Waals surface area (Å²) < 4.78 is 7.40. The highest BCUT2D eigenvalue weighted by Gasteiger charge is 2.18. The molecule has 1 aliphatic rings. The topological polar surface area (TPSA) is 81.9 Å². The van der Waals surface area contributed by atoms with Gasteiger partial charge in [-0.15, -0.1) is 0 Å². The van der Waals surface area contributed by atoms with E-state index < -0.39 is 0 Å². The van der Waals surface area contributed by atoms with Crippen LogP contribution in [0.1, 0.15) is 29.4 Å². The van der Waals surface area contributed by atoms with Gasteiger partial charge in [-0.1, -0.05) is 0 Å². The Morgan fingerprint density at radius 2 is 2.33 bits per heavy atom. The van der Waals surface area contributed by atoms with E-state index in [1.54, 1.807) is 18.5 Å². The number of anilines is 1. The lowest BCUT2D eigenvalue weighted by molar-refractivity contribution is 0.102. The fraction of sp³-hybridized carbons (Fsp3) is 0.294. The maximum absolute atomic E-state index is 12.6. The van der Waals surface area contributed by atoms with Crippen molar-refractivity contribution >= 4 is 23.0 Å². The molecule has 0 unspecified atom stereocenters. The number of carbonyl (C=O) groups excluding carboxylic acids is 1. The summed E-state index contributed by atoms with van der Waals surface area (Å²) in [6.45, 7) is 3.35. The van der Waals surface area contributed by atoms with Crippen molar-refractivity contribution in [2.45, 2.75) is 26.3 Å². The molecule has 7 heteroatoms. The van der Waals surface area contributed by atoms with Gasteiger partial charge in [0, 0.05) is 12.7 Å². The Kier molecular flexibility index (Phi) is 3.60. The fourth-order valence-corrected chi connectivity index (χ4v) is 2.90. The number of aromatic nitrogens is 4. The van der Waals surface area contributed by atoms with E-state index in [4.69, 9.17) is 4.74 Å². The molecule has 3 aromatic rings. The highest BCUT2D eigenvalue weighted by molar-refractivity contribution is 6.02. The second-order valence-corrected chi connectivity index (χ2v) is 5.61. The Bertz CT molecular complexity index is 918. The molecule has 1 N–H and O–H groups in total. The maximum Gasteiger partial charge on any atom is 0.276 e. The maximum atomic E-state index is 12.6. The molecule has 4 heterocycles. The van der Waals surface area contributed by atoms with Crippen LogP contribution >= 0.6 is 0 Å². The van der Waals surface area contributed by atoms with E-state index in [-0.39, 0.29) is 5.91 Å². The summed E-state index contributed by atoms with van der Waals surface area (Å²) >= 11 is 0. The second-order valence-electron chi connectivity index (χ2n) is 5.61. The molecule has 1 aliphatic heterocycles. The lowest BCUT2D eigenvalue weighted by Crippen LogP contribution is -2.18. The number of imidazole rings is 1. The Morgan fingerprint density at radius 1 is 1.42 bits per heavy atom. The molecule has 0 atom stereocenters. The molecule has 0 fully saturated rings.